The fourth-order valence-electron chi connectivity index (χ4n) is 9.70. The minimum absolute atomic E-state index is 0.0264. The molecule has 1 amide bonds. The van der Waals surface area contributed by atoms with Gasteiger partial charge in [-0.05, 0) is 112 Å². The van der Waals surface area contributed by atoms with Gasteiger partial charge in [0.1, 0.15) is 6.73 Å². The molecule has 3 saturated carbocycles. The van der Waals surface area contributed by atoms with Crippen molar-refractivity contribution in [2.45, 2.75) is 145 Å². The maximum absolute atomic E-state index is 11.6. The summed E-state index contributed by atoms with van der Waals surface area (Å²) < 4.78 is 6.09. The van der Waals surface area contributed by atoms with Crippen LogP contribution in [0.15, 0.2) is 11.6 Å². The Morgan fingerprint density at radius 2 is 1.81 bits per heavy atom. The quantitative estimate of drug-likeness (QED) is 0.0920. The molecule has 7 unspecified atom stereocenters. The number of halogens is 1. The van der Waals surface area contributed by atoms with Crippen LogP contribution < -0.4 is 5.32 Å². The molecule has 0 spiro atoms. The maximum Gasteiger partial charge on any atom is 0.230 e. The van der Waals surface area contributed by atoms with E-state index in [1.807, 2.05) is 39.8 Å². The smallest absolute Gasteiger partial charge is 0.230 e. The van der Waals surface area contributed by atoms with E-state index in [0.29, 0.717) is 29.4 Å². The standard InChI is InChI=1S/C35H61BrN2O3.C2H6/c1-24(2)10-9-11-25(3)29-14-15-30-28-13-12-26-20-27(16-18-34(26,6)31(28)17-19-35(29,30)7)41-38(8)23-40-33(4,5)22-37-32(39)21-36;1-2/h12,24-25,27-31H,9-11,13-23H2,1-8H3,(H,37,39);1-2H3/t25-,27?,28?,29?,30?,31?,34?,35?;/m1./s1. The molecule has 0 radical (unpaired) electrons. The highest BCUT2D eigenvalue weighted by atomic mass is 79.9. The molecular weight excluding hydrogens is 600 g/mol. The zero-order chi connectivity index (χ0) is 32.0. The highest BCUT2D eigenvalue weighted by Crippen LogP contribution is 2.67. The summed E-state index contributed by atoms with van der Waals surface area (Å²) in [5.74, 6) is 5.22. The molecule has 0 saturated heterocycles. The second-order valence-electron chi connectivity index (χ2n) is 15.8. The molecule has 250 valence electrons. The predicted molar refractivity (Wildman–Crippen MR) is 184 cm³/mol. The molecule has 0 aromatic rings. The van der Waals surface area contributed by atoms with Crippen LogP contribution in [0.5, 0.6) is 0 Å². The average molecular weight is 668 g/mol. The third-order valence-electron chi connectivity index (χ3n) is 12.1. The third-order valence-corrected chi connectivity index (χ3v) is 12.6. The van der Waals surface area contributed by atoms with E-state index in [0.717, 1.165) is 48.3 Å². The highest BCUT2D eigenvalue weighted by Gasteiger charge is 2.59. The van der Waals surface area contributed by atoms with Crippen molar-refractivity contribution in [2.75, 3.05) is 25.7 Å². The summed E-state index contributed by atoms with van der Waals surface area (Å²) in [4.78, 5) is 18.0. The number of hydrogen-bond donors (Lipinski definition) is 1. The number of amides is 1. The number of ether oxygens (including phenoxy) is 1. The Morgan fingerprint density at radius 1 is 1.09 bits per heavy atom. The zero-order valence-corrected chi connectivity index (χ0v) is 31.2. The first-order valence-corrected chi connectivity index (χ1v) is 18.9. The largest absolute Gasteiger partial charge is 0.356 e. The van der Waals surface area contributed by atoms with Crippen LogP contribution in [0.4, 0.5) is 0 Å². The lowest BCUT2D eigenvalue weighted by Gasteiger charge is -2.58. The van der Waals surface area contributed by atoms with Crippen LogP contribution >= 0.6 is 15.9 Å². The summed E-state index contributed by atoms with van der Waals surface area (Å²) in [6.45, 7) is 21.5. The lowest BCUT2D eigenvalue weighted by atomic mass is 9.47. The Balaban J connectivity index is 0.00000248. The van der Waals surface area contributed by atoms with Crippen molar-refractivity contribution in [1.82, 2.24) is 10.4 Å². The molecule has 1 N–H and O–H groups in total. The average Bonchev–Trinajstić information content (AvgIpc) is 3.33. The molecule has 4 aliphatic rings. The first-order chi connectivity index (χ1) is 20.3. The van der Waals surface area contributed by atoms with Crippen molar-refractivity contribution in [3.63, 3.8) is 0 Å². The minimum atomic E-state index is -0.456. The van der Waals surface area contributed by atoms with Crippen LogP contribution in [0.25, 0.3) is 0 Å². The van der Waals surface area contributed by atoms with Gasteiger partial charge in [0.15, 0.2) is 0 Å². The zero-order valence-electron chi connectivity index (χ0n) is 29.6. The third kappa shape index (κ3) is 8.89. The van der Waals surface area contributed by atoms with E-state index < -0.39 is 5.60 Å². The van der Waals surface area contributed by atoms with Gasteiger partial charge in [0.2, 0.25) is 5.91 Å². The van der Waals surface area contributed by atoms with Crippen LogP contribution in [0.1, 0.15) is 133 Å². The summed E-state index contributed by atoms with van der Waals surface area (Å²) in [6.07, 6.45) is 17.6. The number of rotatable bonds is 13. The first-order valence-electron chi connectivity index (χ1n) is 17.8. The number of carbonyl (C=O) groups is 1. The van der Waals surface area contributed by atoms with E-state index in [1.165, 1.54) is 57.8 Å². The number of carbonyl (C=O) groups excluding carboxylic acids is 1. The fraction of sp³-hybridized carbons (Fsp3) is 0.919. The number of nitrogens with zero attached hydrogens (tertiary/aromatic N) is 1. The molecule has 5 nitrogen and oxygen atoms in total. The van der Waals surface area contributed by atoms with E-state index in [2.05, 4.69) is 61.9 Å². The Morgan fingerprint density at radius 3 is 2.49 bits per heavy atom. The van der Waals surface area contributed by atoms with E-state index in [9.17, 15) is 4.79 Å². The second kappa shape index (κ2) is 15.9. The van der Waals surface area contributed by atoms with E-state index >= 15 is 0 Å². The Labute approximate surface area is 274 Å². The minimum Gasteiger partial charge on any atom is -0.356 e. The van der Waals surface area contributed by atoms with Crippen molar-refractivity contribution in [2.24, 2.45) is 46.3 Å². The van der Waals surface area contributed by atoms with E-state index in [-0.39, 0.29) is 12.0 Å². The van der Waals surface area contributed by atoms with Crippen LogP contribution in [0.3, 0.4) is 0 Å². The Kier molecular flexibility index (Phi) is 13.7. The Hall–Kier alpha value is -0.430. The van der Waals surface area contributed by atoms with Gasteiger partial charge in [0.05, 0.1) is 17.0 Å². The van der Waals surface area contributed by atoms with E-state index in [1.54, 1.807) is 5.57 Å². The summed E-state index contributed by atoms with van der Waals surface area (Å²) >= 11 is 3.19. The van der Waals surface area contributed by atoms with Crippen molar-refractivity contribution in [1.29, 1.82) is 0 Å². The van der Waals surface area contributed by atoms with Gasteiger partial charge in [-0.3, -0.25) is 9.63 Å². The van der Waals surface area contributed by atoms with Gasteiger partial charge in [0.25, 0.3) is 0 Å². The highest BCUT2D eigenvalue weighted by molar-refractivity contribution is 9.09. The predicted octanol–water partition coefficient (Wildman–Crippen LogP) is 9.55. The van der Waals surface area contributed by atoms with Crippen LogP contribution in [0.2, 0.25) is 0 Å². The van der Waals surface area contributed by atoms with Gasteiger partial charge in [-0.2, -0.15) is 5.06 Å². The summed E-state index contributed by atoms with van der Waals surface area (Å²) in [5.41, 5.74) is 2.11. The van der Waals surface area contributed by atoms with E-state index in [4.69, 9.17) is 9.57 Å². The van der Waals surface area contributed by atoms with Crippen molar-refractivity contribution in [3.05, 3.63) is 11.6 Å². The van der Waals surface area contributed by atoms with Crippen LogP contribution in [0, 0.1) is 46.3 Å². The number of fused-ring (bicyclic) bond motifs is 5. The number of allylic oxidation sites excluding steroid dienone is 1. The van der Waals surface area contributed by atoms with Crippen molar-refractivity contribution in [3.8, 4) is 0 Å². The monoisotopic (exact) mass is 666 g/mol. The van der Waals surface area contributed by atoms with Gasteiger partial charge in [-0.1, -0.05) is 95.3 Å². The molecule has 3 fully saturated rings. The first kappa shape index (κ1) is 37.0. The fourth-order valence-corrected chi connectivity index (χ4v) is 9.90. The summed E-state index contributed by atoms with van der Waals surface area (Å²) in [6, 6.07) is 0. The SMILES string of the molecule is CC.CC(C)CCC[C@@H](C)C1CCC2C3CC=C4CC(ON(C)COC(C)(C)CNC(=O)CBr)CCC4(C)C3CCC21C. The molecule has 0 aliphatic heterocycles. The molecule has 4 rings (SSSR count). The van der Waals surface area contributed by atoms with Gasteiger partial charge < -0.3 is 10.1 Å². The van der Waals surface area contributed by atoms with Gasteiger partial charge >= 0.3 is 0 Å². The molecule has 0 aromatic heterocycles. The molecule has 8 atom stereocenters. The van der Waals surface area contributed by atoms with Crippen LogP contribution in [-0.4, -0.2) is 48.3 Å². The normalized spacial score (nSPS) is 34.4. The molecule has 4 aliphatic carbocycles. The lowest BCUT2D eigenvalue weighted by Crippen LogP contribution is -2.51. The molecule has 0 aromatic carbocycles. The van der Waals surface area contributed by atoms with Gasteiger partial charge in [0, 0.05) is 13.6 Å². The lowest BCUT2D eigenvalue weighted by molar-refractivity contribution is -0.246. The molecule has 0 heterocycles. The van der Waals surface area contributed by atoms with Crippen molar-refractivity contribution < 1.29 is 14.4 Å². The summed E-state index contributed by atoms with van der Waals surface area (Å²) in [5, 5.41) is 5.05. The number of hydrogen-bond acceptors (Lipinski definition) is 4. The molecular formula is C37H67BrN2O3. The second-order valence-corrected chi connectivity index (χ2v) is 16.4. The van der Waals surface area contributed by atoms with Gasteiger partial charge in [-0.15, -0.1) is 0 Å². The topological polar surface area (TPSA) is 50.8 Å². The number of alkyl halides is 1. The molecule has 6 heteroatoms. The number of hydroxylamine groups is 2. The van der Waals surface area contributed by atoms with Crippen LogP contribution in [-0.2, 0) is 14.4 Å². The maximum atomic E-state index is 11.6. The summed E-state index contributed by atoms with van der Waals surface area (Å²) in [7, 11) is 1.97. The molecule has 43 heavy (non-hydrogen) atoms. The Bertz CT molecular complexity index is 922. The number of nitrogens with one attached hydrogen (secondary N) is 1. The van der Waals surface area contributed by atoms with Crippen molar-refractivity contribution >= 4 is 21.8 Å². The molecule has 0 bridgehead atoms. The van der Waals surface area contributed by atoms with Gasteiger partial charge in [-0.25, -0.2) is 0 Å².